The molecule has 1 aromatic heterocycles. The van der Waals surface area contributed by atoms with E-state index < -0.39 is 27.9 Å². The Hall–Kier alpha value is -2.26. The smallest absolute Gasteiger partial charge is 0.321 e. The van der Waals surface area contributed by atoms with Crippen LogP contribution in [0.4, 0.5) is 4.39 Å². The number of nitrogens with one attached hydrogen (secondary N) is 1. The van der Waals surface area contributed by atoms with Gasteiger partial charge in [-0.15, -0.1) is 0 Å². The van der Waals surface area contributed by atoms with Gasteiger partial charge in [0.25, 0.3) is 0 Å². The first-order valence-corrected chi connectivity index (χ1v) is 8.73. The summed E-state index contributed by atoms with van der Waals surface area (Å²) in [6.07, 6.45) is 2.33. The van der Waals surface area contributed by atoms with Gasteiger partial charge in [-0.1, -0.05) is 26.0 Å². The molecule has 1 aromatic carbocycles. The Kier molecular flexibility index (Phi) is 5.35. The molecule has 7 nitrogen and oxygen atoms in total. The summed E-state index contributed by atoms with van der Waals surface area (Å²) in [6, 6.07) is 4.53. The van der Waals surface area contributed by atoms with E-state index in [-0.39, 0.29) is 22.9 Å². The second kappa shape index (κ2) is 7.10. The van der Waals surface area contributed by atoms with Crippen LogP contribution >= 0.6 is 0 Å². The van der Waals surface area contributed by atoms with Crippen LogP contribution in [0.3, 0.4) is 0 Å². The average molecular weight is 355 g/mol. The largest absolute Gasteiger partial charge is 0.480 e. The maximum absolute atomic E-state index is 13.7. The summed E-state index contributed by atoms with van der Waals surface area (Å²) in [5.41, 5.74) is 0.0934. The zero-order valence-corrected chi connectivity index (χ0v) is 14.0. The first-order valence-electron chi connectivity index (χ1n) is 7.25. The van der Waals surface area contributed by atoms with E-state index in [0.717, 1.165) is 17.1 Å². The molecule has 2 aromatic rings. The molecule has 0 saturated carbocycles. The standard InChI is InChI=1S/C15H18FN3O4S/c1-10(2)7-13(15(20)21)18-24(22,23)11-8-17-19(9-11)14-6-4-3-5-12(14)16/h3-6,8-10,13,18H,7H2,1-2H3,(H,20,21). The fourth-order valence-electron chi connectivity index (χ4n) is 2.14. The van der Waals surface area contributed by atoms with Gasteiger partial charge in [-0.2, -0.15) is 9.82 Å². The van der Waals surface area contributed by atoms with E-state index in [1.54, 1.807) is 19.9 Å². The van der Waals surface area contributed by atoms with Gasteiger partial charge in [0.1, 0.15) is 22.4 Å². The number of carboxylic acid groups (broad SMARTS) is 1. The molecule has 1 unspecified atom stereocenters. The molecule has 0 bridgehead atoms. The number of hydrogen-bond donors (Lipinski definition) is 2. The molecule has 0 saturated heterocycles. The van der Waals surface area contributed by atoms with Crippen LogP contribution in [0, 0.1) is 11.7 Å². The van der Waals surface area contributed by atoms with Gasteiger partial charge in [0.05, 0.1) is 12.4 Å². The van der Waals surface area contributed by atoms with Crippen LogP contribution in [0.25, 0.3) is 5.69 Å². The second-order valence-electron chi connectivity index (χ2n) is 5.71. The van der Waals surface area contributed by atoms with E-state index in [4.69, 9.17) is 5.11 Å². The molecule has 1 atom stereocenters. The summed E-state index contributed by atoms with van der Waals surface area (Å²) in [7, 11) is -4.09. The van der Waals surface area contributed by atoms with E-state index in [2.05, 4.69) is 9.82 Å². The highest BCUT2D eigenvalue weighted by Gasteiger charge is 2.27. The molecular formula is C15H18FN3O4S. The lowest BCUT2D eigenvalue weighted by atomic mass is 10.1. The molecule has 1 heterocycles. The third-order valence-corrected chi connectivity index (χ3v) is 4.70. The zero-order chi connectivity index (χ0) is 17.9. The Labute approximate surface area is 139 Å². The van der Waals surface area contributed by atoms with Crippen LogP contribution in [-0.4, -0.2) is 35.3 Å². The maximum Gasteiger partial charge on any atom is 0.321 e. The molecule has 2 N–H and O–H groups in total. The van der Waals surface area contributed by atoms with Crippen molar-refractivity contribution in [3.8, 4) is 5.69 Å². The second-order valence-corrected chi connectivity index (χ2v) is 7.43. The highest BCUT2D eigenvalue weighted by molar-refractivity contribution is 7.89. The molecule has 9 heteroatoms. The zero-order valence-electron chi connectivity index (χ0n) is 13.2. The minimum Gasteiger partial charge on any atom is -0.480 e. The van der Waals surface area contributed by atoms with Crippen LogP contribution in [0.1, 0.15) is 20.3 Å². The fourth-order valence-corrected chi connectivity index (χ4v) is 3.27. The van der Waals surface area contributed by atoms with Gasteiger partial charge in [-0.05, 0) is 24.5 Å². The lowest BCUT2D eigenvalue weighted by molar-refractivity contribution is -0.139. The lowest BCUT2D eigenvalue weighted by Crippen LogP contribution is -2.41. The summed E-state index contributed by atoms with van der Waals surface area (Å²) in [5, 5.41) is 13.0. The van der Waals surface area contributed by atoms with Gasteiger partial charge in [0, 0.05) is 0 Å². The van der Waals surface area contributed by atoms with Crippen LogP contribution in [0.5, 0.6) is 0 Å². The van der Waals surface area contributed by atoms with E-state index in [9.17, 15) is 17.6 Å². The number of nitrogens with zero attached hydrogens (tertiary/aromatic N) is 2. The molecule has 24 heavy (non-hydrogen) atoms. The van der Waals surface area contributed by atoms with Crippen molar-refractivity contribution in [2.75, 3.05) is 0 Å². The third kappa shape index (κ3) is 4.18. The summed E-state index contributed by atoms with van der Waals surface area (Å²) in [5.74, 6) is -1.82. The summed E-state index contributed by atoms with van der Waals surface area (Å²) in [4.78, 5) is 11.0. The molecule has 0 spiro atoms. The number of para-hydroxylation sites is 1. The van der Waals surface area contributed by atoms with Crippen LogP contribution < -0.4 is 4.72 Å². The quantitative estimate of drug-likeness (QED) is 0.788. The molecular weight excluding hydrogens is 337 g/mol. The number of sulfonamides is 1. The van der Waals surface area contributed by atoms with E-state index >= 15 is 0 Å². The predicted octanol–water partition coefficient (Wildman–Crippen LogP) is 1.79. The van der Waals surface area contributed by atoms with E-state index in [1.807, 2.05) is 0 Å². The first kappa shape index (κ1) is 18.1. The number of aromatic nitrogens is 2. The molecule has 0 aliphatic carbocycles. The lowest BCUT2D eigenvalue weighted by Gasteiger charge is -2.15. The van der Waals surface area contributed by atoms with Gasteiger partial charge in [0.15, 0.2) is 0 Å². The number of halogens is 1. The minimum atomic E-state index is -4.09. The van der Waals surface area contributed by atoms with E-state index in [1.165, 1.54) is 18.2 Å². The fraction of sp³-hybridized carbons (Fsp3) is 0.333. The van der Waals surface area contributed by atoms with E-state index in [0.29, 0.717) is 0 Å². The van der Waals surface area contributed by atoms with Crippen molar-refractivity contribution in [1.29, 1.82) is 0 Å². The van der Waals surface area contributed by atoms with Gasteiger partial charge < -0.3 is 5.11 Å². The molecule has 0 aliphatic heterocycles. The van der Waals surface area contributed by atoms with Gasteiger partial charge >= 0.3 is 5.97 Å². The van der Waals surface area contributed by atoms with Crippen molar-refractivity contribution in [2.45, 2.75) is 31.2 Å². The number of carbonyl (C=O) groups is 1. The Morgan fingerprint density at radius 1 is 1.38 bits per heavy atom. The van der Waals surface area contributed by atoms with Crippen molar-refractivity contribution in [3.63, 3.8) is 0 Å². The number of benzene rings is 1. The number of carboxylic acids is 1. The molecule has 130 valence electrons. The Morgan fingerprint density at radius 2 is 2.04 bits per heavy atom. The third-order valence-electron chi connectivity index (χ3n) is 3.27. The van der Waals surface area contributed by atoms with Crippen molar-refractivity contribution in [1.82, 2.24) is 14.5 Å². The maximum atomic E-state index is 13.7. The molecule has 0 amide bonds. The normalized spacial score (nSPS) is 13.2. The molecule has 2 rings (SSSR count). The molecule has 0 aliphatic rings. The average Bonchev–Trinajstić information content (AvgIpc) is 2.96. The van der Waals surface area contributed by atoms with Crippen molar-refractivity contribution < 1.29 is 22.7 Å². The number of hydrogen-bond acceptors (Lipinski definition) is 4. The predicted molar refractivity (Wildman–Crippen MR) is 84.7 cm³/mol. The number of rotatable bonds is 7. The topological polar surface area (TPSA) is 101 Å². The minimum absolute atomic E-state index is 0.00469. The van der Waals surface area contributed by atoms with Crippen LogP contribution in [0.15, 0.2) is 41.6 Å². The van der Waals surface area contributed by atoms with Crippen molar-refractivity contribution in [3.05, 3.63) is 42.5 Å². The monoisotopic (exact) mass is 355 g/mol. The van der Waals surface area contributed by atoms with Crippen LogP contribution in [0.2, 0.25) is 0 Å². The van der Waals surface area contributed by atoms with Crippen LogP contribution in [-0.2, 0) is 14.8 Å². The highest BCUT2D eigenvalue weighted by Crippen LogP contribution is 2.16. The highest BCUT2D eigenvalue weighted by atomic mass is 32.2. The summed E-state index contributed by atoms with van der Waals surface area (Å²) >= 11 is 0. The van der Waals surface area contributed by atoms with Gasteiger partial charge in [-0.3, -0.25) is 4.79 Å². The van der Waals surface area contributed by atoms with Gasteiger partial charge in [0.2, 0.25) is 10.0 Å². The first-order chi connectivity index (χ1) is 11.2. The molecule has 0 radical (unpaired) electrons. The van der Waals surface area contributed by atoms with Crippen molar-refractivity contribution >= 4 is 16.0 Å². The van der Waals surface area contributed by atoms with Crippen molar-refractivity contribution in [2.24, 2.45) is 5.92 Å². The summed E-state index contributed by atoms with van der Waals surface area (Å²) in [6.45, 7) is 3.58. The Morgan fingerprint density at radius 3 is 2.62 bits per heavy atom. The Balaban J connectivity index is 2.27. The SMILES string of the molecule is CC(C)CC(NS(=O)(=O)c1cnn(-c2ccccc2F)c1)C(=O)O. The summed E-state index contributed by atoms with van der Waals surface area (Å²) < 4.78 is 41.6. The van der Waals surface area contributed by atoms with Gasteiger partial charge in [-0.25, -0.2) is 17.5 Å². The number of aliphatic carboxylic acids is 1. The Bertz CT molecular complexity index is 833. The molecule has 0 fully saturated rings.